The van der Waals surface area contributed by atoms with E-state index in [0.29, 0.717) is 13.2 Å². The Bertz CT molecular complexity index is 342. The Kier molecular flexibility index (Phi) is 4.02. The average molecular weight is 235 g/mol. The van der Waals surface area contributed by atoms with Gasteiger partial charge in [0.1, 0.15) is 5.75 Å². The van der Waals surface area contributed by atoms with Gasteiger partial charge in [-0.05, 0) is 37.5 Å². The Morgan fingerprint density at radius 2 is 1.88 bits per heavy atom. The van der Waals surface area contributed by atoms with E-state index in [1.165, 1.54) is 5.56 Å². The van der Waals surface area contributed by atoms with E-state index < -0.39 is 0 Å². The van der Waals surface area contributed by atoms with Gasteiger partial charge in [-0.1, -0.05) is 12.1 Å². The molecule has 0 bridgehead atoms. The third-order valence-electron chi connectivity index (χ3n) is 3.62. The molecule has 1 heterocycles. The number of hydrogen-bond donors (Lipinski definition) is 1. The minimum atomic E-state index is 0.100. The standard InChI is InChI=1S/C14H21NO2/c1-2-17-13-5-3-12(4-6-13)14(11-15)7-9-16-10-8-14/h3-6H,2,7-11,15H2,1H3. The second-order valence-corrected chi connectivity index (χ2v) is 4.55. The number of nitrogens with two attached hydrogens (primary N) is 1. The van der Waals surface area contributed by atoms with Crippen LogP contribution in [0.3, 0.4) is 0 Å². The highest BCUT2D eigenvalue weighted by molar-refractivity contribution is 5.33. The maximum Gasteiger partial charge on any atom is 0.119 e. The van der Waals surface area contributed by atoms with Crippen LogP contribution < -0.4 is 10.5 Å². The Labute approximate surface area is 103 Å². The van der Waals surface area contributed by atoms with Crippen LogP contribution in [0.4, 0.5) is 0 Å². The highest BCUT2D eigenvalue weighted by atomic mass is 16.5. The van der Waals surface area contributed by atoms with Gasteiger partial charge in [0.15, 0.2) is 0 Å². The lowest BCUT2D eigenvalue weighted by Crippen LogP contribution is -2.40. The van der Waals surface area contributed by atoms with E-state index in [1.807, 2.05) is 19.1 Å². The van der Waals surface area contributed by atoms with Crippen LogP contribution in [0.5, 0.6) is 5.75 Å². The van der Waals surface area contributed by atoms with E-state index in [4.69, 9.17) is 15.2 Å². The van der Waals surface area contributed by atoms with Crippen molar-refractivity contribution in [3.05, 3.63) is 29.8 Å². The van der Waals surface area contributed by atoms with Crippen molar-refractivity contribution in [2.45, 2.75) is 25.2 Å². The predicted octanol–water partition coefficient (Wildman–Crippen LogP) is 2.09. The van der Waals surface area contributed by atoms with Crippen LogP contribution in [0.1, 0.15) is 25.3 Å². The van der Waals surface area contributed by atoms with Gasteiger partial charge in [-0.2, -0.15) is 0 Å². The van der Waals surface area contributed by atoms with Crippen LogP contribution in [-0.2, 0) is 10.2 Å². The first-order valence-corrected chi connectivity index (χ1v) is 6.32. The fraction of sp³-hybridized carbons (Fsp3) is 0.571. The summed E-state index contributed by atoms with van der Waals surface area (Å²) in [5.74, 6) is 0.926. The molecule has 1 aliphatic rings. The summed E-state index contributed by atoms with van der Waals surface area (Å²) in [7, 11) is 0. The van der Waals surface area contributed by atoms with Crippen LogP contribution in [0, 0.1) is 0 Å². The smallest absolute Gasteiger partial charge is 0.119 e. The molecule has 0 aromatic heterocycles. The lowest BCUT2D eigenvalue weighted by Gasteiger charge is -2.36. The molecular weight excluding hydrogens is 214 g/mol. The van der Waals surface area contributed by atoms with Crippen molar-refractivity contribution >= 4 is 0 Å². The molecule has 0 unspecified atom stereocenters. The highest BCUT2D eigenvalue weighted by Gasteiger charge is 2.32. The second kappa shape index (κ2) is 5.52. The predicted molar refractivity (Wildman–Crippen MR) is 68.4 cm³/mol. The van der Waals surface area contributed by atoms with Gasteiger partial charge in [0.2, 0.25) is 0 Å². The first-order chi connectivity index (χ1) is 8.30. The monoisotopic (exact) mass is 235 g/mol. The largest absolute Gasteiger partial charge is 0.494 e. The summed E-state index contributed by atoms with van der Waals surface area (Å²) in [5, 5.41) is 0. The van der Waals surface area contributed by atoms with Crippen LogP contribution in [-0.4, -0.2) is 26.4 Å². The maximum atomic E-state index is 5.98. The number of ether oxygens (including phenoxy) is 2. The summed E-state index contributed by atoms with van der Waals surface area (Å²) in [5.41, 5.74) is 7.39. The van der Waals surface area contributed by atoms with E-state index in [-0.39, 0.29) is 5.41 Å². The minimum absolute atomic E-state index is 0.100. The summed E-state index contributed by atoms with van der Waals surface area (Å²) in [6.07, 6.45) is 2.02. The van der Waals surface area contributed by atoms with Crippen molar-refractivity contribution in [3.63, 3.8) is 0 Å². The first kappa shape index (κ1) is 12.4. The molecule has 2 N–H and O–H groups in total. The molecule has 0 amide bonds. The van der Waals surface area contributed by atoms with Gasteiger partial charge >= 0.3 is 0 Å². The molecule has 17 heavy (non-hydrogen) atoms. The van der Waals surface area contributed by atoms with E-state index in [1.54, 1.807) is 0 Å². The lowest BCUT2D eigenvalue weighted by molar-refractivity contribution is 0.0529. The van der Waals surface area contributed by atoms with Gasteiger partial charge in [-0.25, -0.2) is 0 Å². The SMILES string of the molecule is CCOc1ccc(C2(CN)CCOCC2)cc1. The van der Waals surface area contributed by atoms with Crippen LogP contribution in [0.2, 0.25) is 0 Å². The first-order valence-electron chi connectivity index (χ1n) is 6.32. The topological polar surface area (TPSA) is 44.5 Å². The summed E-state index contributed by atoms with van der Waals surface area (Å²) in [6, 6.07) is 8.35. The normalized spacial score (nSPS) is 18.9. The third-order valence-corrected chi connectivity index (χ3v) is 3.62. The molecule has 1 aromatic carbocycles. The molecule has 0 radical (unpaired) electrons. The van der Waals surface area contributed by atoms with Crippen molar-refractivity contribution < 1.29 is 9.47 Å². The van der Waals surface area contributed by atoms with E-state index in [0.717, 1.165) is 31.8 Å². The zero-order valence-corrected chi connectivity index (χ0v) is 10.4. The molecule has 0 spiro atoms. The third kappa shape index (κ3) is 2.61. The van der Waals surface area contributed by atoms with Crippen LogP contribution in [0.25, 0.3) is 0 Å². The summed E-state index contributed by atoms with van der Waals surface area (Å²) in [6.45, 7) is 5.00. The van der Waals surface area contributed by atoms with E-state index in [2.05, 4.69) is 12.1 Å². The molecular formula is C14H21NO2. The van der Waals surface area contributed by atoms with Gasteiger partial charge in [0, 0.05) is 25.2 Å². The second-order valence-electron chi connectivity index (χ2n) is 4.55. The number of hydrogen-bond acceptors (Lipinski definition) is 3. The van der Waals surface area contributed by atoms with Gasteiger partial charge in [-0.3, -0.25) is 0 Å². The molecule has 94 valence electrons. The Balaban J connectivity index is 2.18. The molecule has 0 atom stereocenters. The molecule has 1 aliphatic heterocycles. The van der Waals surface area contributed by atoms with Gasteiger partial charge in [-0.15, -0.1) is 0 Å². The van der Waals surface area contributed by atoms with Crippen molar-refractivity contribution in [3.8, 4) is 5.75 Å². The number of rotatable bonds is 4. The van der Waals surface area contributed by atoms with E-state index in [9.17, 15) is 0 Å². The molecule has 1 aromatic rings. The molecule has 0 saturated carbocycles. The Hall–Kier alpha value is -1.06. The van der Waals surface area contributed by atoms with Crippen molar-refractivity contribution in [1.29, 1.82) is 0 Å². The Morgan fingerprint density at radius 1 is 1.24 bits per heavy atom. The van der Waals surface area contributed by atoms with Crippen LogP contribution >= 0.6 is 0 Å². The Morgan fingerprint density at radius 3 is 2.41 bits per heavy atom. The number of benzene rings is 1. The zero-order valence-electron chi connectivity index (χ0n) is 10.4. The van der Waals surface area contributed by atoms with Gasteiger partial charge < -0.3 is 15.2 Å². The molecule has 0 aliphatic carbocycles. The quantitative estimate of drug-likeness (QED) is 0.869. The molecule has 3 nitrogen and oxygen atoms in total. The maximum absolute atomic E-state index is 5.98. The van der Waals surface area contributed by atoms with Gasteiger partial charge in [0.25, 0.3) is 0 Å². The highest BCUT2D eigenvalue weighted by Crippen LogP contribution is 2.34. The lowest BCUT2D eigenvalue weighted by atomic mass is 9.74. The van der Waals surface area contributed by atoms with E-state index >= 15 is 0 Å². The molecule has 3 heteroatoms. The average Bonchev–Trinajstić information content (AvgIpc) is 2.41. The fourth-order valence-corrected chi connectivity index (χ4v) is 2.44. The van der Waals surface area contributed by atoms with Crippen LogP contribution in [0.15, 0.2) is 24.3 Å². The van der Waals surface area contributed by atoms with Crippen molar-refractivity contribution in [2.75, 3.05) is 26.4 Å². The van der Waals surface area contributed by atoms with Crippen molar-refractivity contribution in [1.82, 2.24) is 0 Å². The summed E-state index contributed by atoms with van der Waals surface area (Å²) < 4.78 is 10.9. The van der Waals surface area contributed by atoms with Gasteiger partial charge in [0.05, 0.1) is 6.61 Å². The minimum Gasteiger partial charge on any atom is -0.494 e. The molecule has 1 saturated heterocycles. The fourth-order valence-electron chi connectivity index (χ4n) is 2.44. The summed E-state index contributed by atoms with van der Waals surface area (Å²) >= 11 is 0. The zero-order chi connectivity index (χ0) is 12.1. The van der Waals surface area contributed by atoms with Crippen molar-refractivity contribution in [2.24, 2.45) is 5.73 Å². The summed E-state index contributed by atoms with van der Waals surface area (Å²) in [4.78, 5) is 0. The molecule has 2 rings (SSSR count). The molecule has 1 fully saturated rings.